The van der Waals surface area contributed by atoms with Crippen LogP contribution in [0.25, 0.3) is 6.08 Å². The van der Waals surface area contributed by atoms with E-state index in [1.165, 1.54) is 24.3 Å². The lowest BCUT2D eigenvalue weighted by molar-refractivity contribution is -0.425. The van der Waals surface area contributed by atoms with E-state index in [1.807, 2.05) is 0 Å². The molecule has 1 aromatic rings. The highest BCUT2D eigenvalue weighted by atomic mass is 16.6. The molecular weight excluding hydrogens is 226 g/mol. The van der Waals surface area contributed by atoms with Gasteiger partial charge in [0.1, 0.15) is 5.75 Å². The Bertz CT molecular complexity index is 493. The van der Waals surface area contributed by atoms with Crippen molar-refractivity contribution in [3.8, 4) is 5.75 Å². The Labute approximate surface area is 97.0 Å². The molecule has 0 atom stereocenters. The molecule has 0 aliphatic heterocycles. The van der Waals surface area contributed by atoms with Gasteiger partial charge in [0.15, 0.2) is 0 Å². The van der Waals surface area contributed by atoms with Gasteiger partial charge in [-0.3, -0.25) is 10.1 Å². The van der Waals surface area contributed by atoms with Crippen molar-refractivity contribution in [1.29, 1.82) is 0 Å². The topological polar surface area (TPSA) is 101 Å². The average molecular weight is 237 g/mol. The number of carbonyl (C=O) groups is 1. The van der Waals surface area contributed by atoms with Gasteiger partial charge < -0.3 is 10.2 Å². The Morgan fingerprint density at radius 3 is 2.65 bits per heavy atom. The highest BCUT2D eigenvalue weighted by Crippen LogP contribution is 2.22. The van der Waals surface area contributed by atoms with Crippen LogP contribution in [0.2, 0.25) is 0 Å². The molecule has 0 bridgehead atoms. The first-order chi connectivity index (χ1) is 7.95. The molecule has 0 heterocycles. The number of carboxylic acid groups (broad SMARTS) is 1. The zero-order valence-electron chi connectivity index (χ0n) is 9.08. The summed E-state index contributed by atoms with van der Waals surface area (Å²) in [6.07, 6.45) is 1.35. The monoisotopic (exact) mass is 237 g/mol. The molecule has 0 saturated heterocycles. The predicted octanol–water partition coefficient (Wildman–Crippen LogP) is 2.12. The lowest BCUT2D eigenvalue weighted by Crippen LogP contribution is -1.99. The lowest BCUT2D eigenvalue weighted by Gasteiger charge is -2.01. The third kappa shape index (κ3) is 3.04. The zero-order chi connectivity index (χ0) is 13.0. The zero-order valence-corrected chi connectivity index (χ0v) is 9.08. The van der Waals surface area contributed by atoms with E-state index in [2.05, 4.69) is 0 Å². The van der Waals surface area contributed by atoms with Crippen LogP contribution in [0.3, 0.4) is 0 Å². The summed E-state index contributed by atoms with van der Waals surface area (Å²) in [4.78, 5) is 20.8. The molecule has 1 rings (SSSR count). The van der Waals surface area contributed by atoms with E-state index in [0.29, 0.717) is 0 Å². The van der Waals surface area contributed by atoms with E-state index >= 15 is 0 Å². The van der Waals surface area contributed by atoms with Gasteiger partial charge in [-0.25, -0.2) is 4.79 Å². The number of carboxylic acids is 1. The lowest BCUT2D eigenvalue weighted by atomic mass is 10.1. The van der Waals surface area contributed by atoms with E-state index in [-0.39, 0.29) is 29.0 Å². The van der Waals surface area contributed by atoms with Crippen LogP contribution in [0.1, 0.15) is 29.3 Å². The molecule has 0 fully saturated rings. The Balaban J connectivity index is 3.25. The Hall–Kier alpha value is -2.37. The normalized spacial score (nSPS) is 11.2. The molecule has 0 spiro atoms. The maximum Gasteiger partial charge on any atom is 0.335 e. The van der Waals surface area contributed by atoms with Crippen molar-refractivity contribution in [3.05, 3.63) is 45.1 Å². The first-order valence-electron chi connectivity index (χ1n) is 4.87. The van der Waals surface area contributed by atoms with Gasteiger partial charge in [0.2, 0.25) is 5.70 Å². The van der Waals surface area contributed by atoms with Crippen LogP contribution in [-0.2, 0) is 0 Å². The minimum absolute atomic E-state index is 0.0344. The van der Waals surface area contributed by atoms with Crippen molar-refractivity contribution in [2.75, 3.05) is 0 Å². The average Bonchev–Trinajstić information content (AvgIpc) is 2.27. The number of rotatable bonds is 4. The molecule has 6 heteroatoms. The minimum atomic E-state index is -1.15. The highest BCUT2D eigenvalue weighted by Gasteiger charge is 2.11. The molecule has 0 saturated carbocycles. The van der Waals surface area contributed by atoms with Crippen LogP contribution in [-0.4, -0.2) is 21.1 Å². The number of benzene rings is 1. The molecule has 0 unspecified atom stereocenters. The van der Waals surface area contributed by atoms with Gasteiger partial charge in [0, 0.05) is 18.1 Å². The van der Waals surface area contributed by atoms with Crippen molar-refractivity contribution >= 4 is 12.0 Å². The maximum atomic E-state index is 10.7. The second kappa shape index (κ2) is 5.11. The van der Waals surface area contributed by atoms with E-state index in [0.717, 1.165) is 0 Å². The number of hydrogen-bond acceptors (Lipinski definition) is 4. The third-order valence-electron chi connectivity index (χ3n) is 2.19. The van der Waals surface area contributed by atoms with Gasteiger partial charge in [-0.1, -0.05) is 6.92 Å². The molecular formula is C11H11NO5. The van der Waals surface area contributed by atoms with E-state index in [1.54, 1.807) is 6.92 Å². The smallest absolute Gasteiger partial charge is 0.335 e. The molecule has 0 aliphatic rings. The van der Waals surface area contributed by atoms with Gasteiger partial charge in [-0.2, -0.15) is 0 Å². The summed E-state index contributed by atoms with van der Waals surface area (Å²) in [5.41, 5.74) is -0.00543. The second-order valence-electron chi connectivity index (χ2n) is 3.33. The summed E-state index contributed by atoms with van der Waals surface area (Å²) in [6.45, 7) is 1.60. The molecule has 2 N–H and O–H groups in total. The van der Waals surface area contributed by atoms with Crippen LogP contribution in [0, 0.1) is 10.1 Å². The van der Waals surface area contributed by atoms with Crippen molar-refractivity contribution in [1.82, 2.24) is 0 Å². The Morgan fingerprint density at radius 1 is 1.53 bits per heavy atom. The molecule has 1 aromatic carbocycles. The molecule has 0 aromatic heterocycles. The molecule has 0 aliphatic carbocycles. The van der Waals surface area contributed by atoms with Crippen LogP contribution in [0.5, 0.6) is 5.75 Å². The number of aromatic hydroxyl groups is 1. The van der Waals surface area contributed by atoms with Crippen molar-refractivity contribution in [2.45, 2.75) is 13.3 Å². The fourth-order valence-electron chi connectivity index (χ4n) is 1.27. The number of aromatic carboxylic acids is 1. The number of allylic oxidation sites excluding steroid dienone is 1. The van der Waals surface area contributed by atoms with E-state index < -0.39 is 10.9 Å². The van der Waals surface area contributed by atoms with Crippen molar-refractivity contribution in [2.24, 2.45) is 0 Å². The summed E-state index contributed by atoms with van der Waals surface area (Å²) in [7, 11) is 0. The SMILES string of the molecule is CCC(=Cc1cc(C(=O)O)ccc1O)[N+](=O)[O-]. The van der Waals surface area contributed by atoms with Crippen LogP contribution in [0.15, 0.2) is 23.9 Å². The summed E-state index contributed by atoms with van der Waals surface area (Å²) in [5, 5.41) is 28.9. The van der Waals surface area contributed by atoms with Crippen molar-refractivity contribution < 1.29 is 19.9 Å². The fraction of sp³-hybridized carbons (Fsp3) is 0.182. The molecule has 90 valence electrons. The van der Waals surface area contributed by atoms with Gasteiger partial charge >= 0.3 is 5.97 Å². The van der Waals surface area contributed by atoms with Crippen LogP contribution < -0.4 is 0 Å². The first kappa shape index (κ1) is 12.7. The largest absolute Gasteiger partial charge is 0.507 e. The standard InChI is InChI=1S/C11H11NO5/c1-2-9(12(16)17)6-8-5-7(11(14)15)3-4-10(8)13/h3-6,13H,2H2,1H3,(H,14,15). The number of phenolic OH excluding ortho intramolecular Hbond substituents is 1. The molecule has 6 nitrogen and oxygen atoms in total. The highest BCUT2D eigenvalue weighted by molar-refractivity contribution is 5.88. The predicted molar refractivity (Wildman–Crippen MR) is 60.3 cm³/mol. The third-order valence-corrected chi connectivity index (χ3v) is 2.19. The number of nitrogens with zero attached hydrogens (tertiary/aromatic N) is 1. The van der Waals surface area contributed by atoms with Gasteiger partial charge in [0.25, 0.3) is 0 Å². The summed E-state index contributed by atoms with van der Waals surface area (Å²) < 4.78 is 0. The quantitative estimate of drug-likeness (QED) is 0.617. The van der Waals surface area contributed by atoms with E-state index in [4.69, 9.17) is 5.11 Å². The first-order valence-corrected chi connectivity index (χ1v) is 4.87. The number of phenols is 1. The molecule has 17 heavy (non-hydrogen) atoms. The Morgan fingerprint density at radius 2 is 2.18 bits per heavy atom. The van der Waals surface area contributed by atoms with Gasteiger partial charge in [-0.05, 0) is 18.2 Å². The van der Waals surface area contributed by atoms with Gasteiger partial charge in [0.05, 0.1) is 10.5 Å². The number of nitro groups is 1. The second-order valence-corrected chi connectivity index (χ2v) is 3.33. The minimum Gasteiger partial charge on any atom is -0.507 e. The molecule has 0 amide bonds. The summed E-state index contributed by atoms with van der Waals surface area (Å²) in [5.74, 6) is -1.35. The summed E-state index contributed by atoms with van der Waals surface area (Å²) >= 11 is 0. The van der Waals surface area contributed by atoms with E-state index in [9.17, 15) is 20.0 Å². The number of hydrogen-bond donors (Lipinski definition) is 2. The van der Waals surface area contributed by atoms with Crippen molar-refractivity contribution in [3.63, 3.8) is 0 Å². The van der Waals surface area contributed by atoms with Crippen LogP contribution >= 0.6 is 0 Å². The fourth-order valence-corrected chi connectivity index (χ4v) is 1.27. The maximum absolute atomic E-state index is 10.7. The summed E-state index contributed by atoms with van der Waals surface area (Å²) in [6, 6.07) is 3.62. The molecule has 0 radical (unpaired) electrons. The van der Waals surface area contributed by atoms with Crippen LogP contribution in [0.4, 0.5) is 0 Å². The van der Waals surface area contributed by atoms with Gasteiger partial charge in [-0.15, -0.1) is 0 Å². The Kier molecular flexibility index (Phi) is 3.82.